The van der Waals surface area contributed by atoms with Crippen LogP contribution in [0.5, 0.6) is 0 Å². The zero-order valence-electron chi connectivity index (χ0n) is 12.1. The molecule has 2 heterocycles. The first kappa shape index (κ1) is 14.6. The Morgan fingerprint density at radius 3 is 2.52 bits per heavy atom. The number of carbonyl (C=O) groups excluding carboxylic acids is 1. The number of carbonyl (C=O) groups is 1. The summed E-state index contributed by atoms with van der Waals surface area (Å²) in [6.45, 7) is 3.48. The van der Waals surface area contributed by atoms with Gasteiger partial charge in [0.2, 0.25) is 0 Å². The molecule has 6 heteroatoms. The van der Waals surface area contributed by atoms with E-state index in [1.54, 1.807) is 6.07 Å². The van der Waals surface area contributed by atoms with Crippen LogP contribution in [0.4, 0.5) is 5.82 Å². The first-order valence-electron chi connectivity index (χ1n) is 7.59. The van der Waals surface area contributed by atoms with E-state index in [1.807, 2.05) is 4.90 Å². The number of amides is 1. The molecule has 0 atom stereocenters. The number of nitrogen functional groups attached to an aromatic ring is 1. The van der Waals surface area contributed by atoms with Gasteiger partial charge in [0.25, 0.3) is 5.91 Å². The molecule has 2 aliphatic rings. The highest BCUT2D eigenvalue weighted by Crippen LogP contribution is 2.25. The quantitative estimate of drug-likeness (QED) is 0.908. The molecule has 1 saturated heterocycles. The molecular formula is C15H21ClN4O. The van der Waals surface area contributed by atoms with Crippen molar-refractivity contribution in [2.45, 2.75) is 31.7 Å². The van der Waals surface area contributed by atoms with Crippen molar-refractivity contribution >= 4 is 23.3 Å². The lowest BCUT2D eigenvalue weighted by Crippen LogP contribution is -2.51. The maximum atomic E-state index is 12.5. The Kier molecular flexibility index (Phi) is 4.31. The van der Waals surface area contributed by atoms with Gasteiger partial charge in [0, 0.05) is 38.4 Å². The number of nitrogens with zero attached hydrogens (tertiary/aromatic N) is 3. The molecular weight excluding hydrogens is 288 g/mol. The highest BCUT2D eigenvalue weighted by atomic mass is 35.5. The van der Waals surface area contributed by atoms with Crippen LogP contribution in [-0.4, -0.2) is 52.9 Å². The number of hydrogen-bond donors (Lipinski definition) is 1. The Morgan fingerprint density at radius 1 is 1.24 bits per heavy atom. The number of hydrogen-bond acceptors (Lipinski definition) is 4. The Morgan fingerprint density at radius 2 is 1.90 bits per heavy atom. The van der Waals surface area contributed by atoms with Gasteiger partial charge in [0.05, 0.1) is 10.6 Å². The number of nitrogens with two attached hydrogens (primary N) is 1. The molecule has 0 bridgehead atoms. The first-order valence-corrected chi connectivity index (χ1v) is 7.97. The molecule has 2 N–H and O–H groups in total. The van der Waals surface area contributed by atoms with Crippen molar-refractivity contribution in [1.29, 1.82) is 0 Å². The molecule has 0 aromatic carbocycles. The summed E-state index contributed by atoms with van der Waals surface area (Å²) in [6.07, 6.45) is 6.82. The molecule has 1 aromatic heterocycles. The Labute approximate surface area is 130 Å². The molecule has 1 aromatic rings. The van der Waals surface area contributed by atoms with Gasteiger partial charge in [0.1, 0.15) is 5.82 Å². The third kappa shape index (κ3) is 3.14. The Balaban J connectivity index is 1.60. The van der Waals surface area contributed by atoms with Gasteiger partial charge in [-0.3, -0.25) is 9.69 Å². The van der Waals surface area contributed by atoms with E-state index < -0.39 is 0 Å². The minimum atomic E-state index is -0.00419. The van der Waals surface area contributed by atoms with Crippen molar-refractivity contribution < 1.29 is 4.79 Å². The molecule has 2 fully saturated rings. The molecule has 0 unspecified atom stereocenters. The predicted octanol–water partition coefficient (Wildman–Crippen LogP) is 2.02. The van der Waals surface area contributed by atoms with Gasteiger partial charge in [0.15, 0.2) is 0 Å². The number of anilines is 1. The second kappa shape index (κ2) is 6.20. The third-order valence-corrected chi connectivity index (χ3v) is 4.86. The highest BCUT2D eigenvalue weighted by Gasteiger charge is 2.28. The van der Waals surface area contributed by atoms with Crippen LogP contribution >= 0.6 is 11.6 Å². The van der Waals surface area contributed by atoms with E-state index in [1.165, 1.54) is 31.9 Å². The average Bonchev–Trinajstić information content (AvgIpc) is 3.04. The van der Waals surface area contributed by atoms with Crippen molar-refractivity contribution in [3.05, 3.63) is 22.8 Å². The lowest BCUT2D eigenvalue weighted by atomic mass is 10.1. The molecule has 1 saturated carbocycles. The van der Waals surface area contributed by atoms with E-state index >= 15 is 0 Å². The van der Waals surface area contributed by atoms with Crippen molar-refractivity contribution in [3.8, 4) is 0 Å². The van der Waals surface area contributed by atoms with E-state index in [9.17, 15) is 4.79 Å². The first-order chi connectivity index (χ1) is 10.1. The topological polar surface area (TPSA) is 62.5 Å². The lowest BCUT2D eigenvalue weighted by Gasteiger charge is -2.38. The maximum Gasteiger partial charge on any atom is 0.255 e. The summed E-state index contributed by atoms with van der Waals surface area (Å²) in [5.74, 6) is 0.259. The van der Waals surface area contributed by atoms with E-state index in [2.05, 4.69) is 9.88 Å². The molecule has 1 aliphatic heterocycles. The van der Waals surface area contributed by atoms with Crippen LogP contribution in [0.3, 0.4) is 0 Å². The van der Waals surface area contributed by atoms with Crippen molar-refractivity contribution in [3.63, 3.8) is 0 Å². The largest absolute Gasteiger partial charge is 0.382 e. The van der Waals surface area contributed by atoms with Crippen molar-refractivity contribution in [1.82, 2.24) is 14.8 Å². The van der Waals surface area contributed by atoms with Crippen molar-refractivity contribution in [2.75, 3.05) is 31.9 Å². The van der Waals surface area contributed by atoms with Gasteiger partial charge in [-0.25, -0.2) is 4.98 Å². The minimum absolute atomic E-state index is 0.00419. The van der Waals surface area contributed by atoms with E-state index in [0.717, 1.165) is 32.2 Å². The molecule has 5 nitrogen and oxygen atoms in total. The van der Waals surface area contributed by atoms with E-state index in [-0.39, 0.29) is 11.7 Å². The molecule has 0 spiro atoms. The van der Waals surface area contributed by atoms with E-state index in [0.29, 0.717) is 10.6 Å². The monoisotopic (exact) mass is 308 g/mol. The average molecular weight is 309 g/mol. The standard InChI is InChI=1S/C15H21ClN4O/c16-13-9-11(10-18-14(13)17)15(21)20-7-5-19(6-8-20)12-3-1-2-4-12/h9-10,12H,1-8H2,(H2,17,18). The van der Waals surface area contributed by atoms with Crippen LogP contribution in [0, 0.1) is 0 Å². The molecule has 1 amide bonds. The number of aromatic nitrogens is 1. The number of rotatable bonds is 2. The molecule has 114 valence electrons. The van der Waals surface area contributed by atoms with Crippen molar-refractivity contribution in [2.24, 2.45) is 0 Å². The van der Waals surface area contributed by atoms with Crippen LogP contribution in [-0.2, 0) is 0 Å². The van der Waals surface area contributed by atoms with E-state index in [4.69, 9.17) is 17.3 Å². The summed E-state index contributed by atoms with van der Waals surface area (Å²) in [6, 6.07) is 2.34. The van der Waals surface area contributed by atoms with Gasteiger partial charge in [-0.1, -0.05) is 24.4 Å². The summed E-state index contributed by atoms with van der Waals surface area (Å²) >= 11 is 5.94. The number of piperazine rings is 1. The summed E-state index contributed by atoms with van der Waals surface area (Å²) in [5.41, 5.74) is 6.10. The summed E-state index contributed by atoms with van der Waals surface area (Å²) in [7, 11) is 0. The summed E-state index contributed by atoms with van der Waals surface area (Å²) in [5, 5.41) is 0.338. The van der Waals surface area contributed by atoms with Gasteiger partial charge >= 0.3 is 0 Å². The normalized spacial score (nSPS) is 20.9. The predicted molar refractivity (Wildman–Crippen MR) is 83.4 cm³/mol. The number of halogens is 1. The van der Waals surface area contributed by atoms with Crippen LogP contribution in [0.25, 0.3) is 0 Å². The second-order valence-electron chi connectivity index (χ2n) is 5.86. The van der Waals surface area contributed by atoms with Crippen LogP contribution in [0.2, 0.25) is 5.02 Å². The Hall–Kier alpha value is -1.33. The highest BCUT2D eigenvalue weighted by molar-refractivity contribution is 6.33. The van der Waals surface area contributed by atoms with Gasteiger partial charge in [-0.2, -0.15) is 0 Å². The fourth-order valence-corrected chi connectivity index (χ4v) is 3.47. The maximum absolute atomic E-state index is 12.5. The summed E-state index contributed by atoms with van der Waals surface area (Å²) in [4.78, 5) is 20.8. The van der Waals surface area contributed by atoms with Crippen LogP contribution in [0.15, 0.2) is 12.3 Å². The number of pyridine rings is 1. The second-order valence-corrected chi connectivity index (χ2v) is 6.26. The van der Waals surface area contributed by atoms with Gasteiger partial charge in [-0.15, -0.1) is 0 Å². The summed E-state index contributed by atoms with van der Waals surface area (Å²) < 4.78 is 0. The van der Waals surface area contributed by atoms with Gasteiger partial charge < -0.3 is 10.6 Å². The molecule has 1 aliphatic carbocycles. The zero-order valence-corrected chi connectivity index (χ0v) is 12.9. The third-order valence-electron chi connectivity index (χ3n) is 4.56. The fourth-order valence-electron chi connectivity index (χ4n) is 3.31. The molecule has 0 radical (unpaired) electrons. The molecule has 21 heavy (non-hydrogen) atoms. The Bertz CT molecular complexity index is 522. The lowest BCUT2D eigenvalue weighted by molar-refractivity contribution is 0.0573. The zero-order chi connectivity index (χ0) is 14.8. The fraction of sp³-hybridized carbons (Fsp3) is 0.600. The van der Waals surface area contributed by atoms with Gasteiger partial charge in [-0.05, 0) is 18.9 Å². The van der Waals surface area contributed by atoms with Crippen LogP contribution < -0.4 is 5.73 Å². The molecule has 3 rings (SSSR count). The minimum Gasteiger partial charge on any atom is -0.382 e. The van der Waals surface area contributed by atoms with Crippen LogP contribution in [0.1, 0.15) is 36.0 Å². The SMILES string of the molecule is Nc1ncc(C(=O)N2CCN(C3CCCC3)CC2)cc1Cl. The smallest absolute Gasteiger partial charge is 0.255 e.